The SMILES string of the molecule is CCC1CCC(C(=O)Nc2cccc(OC)n2)CC1.CCc1c(C)cccc1C(C)=O. The highest BCUT2D eigenvalue weighted by Gasteiger charge is 2.25. The van der Waals surface area contributed by atoms with E-state index in [0.717, 1.165) is 30.7 Å². The zero-order valence-corrected chi connectivity index (χ0v) is 19.5. The second kappa shape index (κ2) is 12.2. The minimum absolute atomic E-state index is 0.0929. The fourth-order valence-electron chi connectivity index (χ4n) is 4.16. The first-order valence-corrected chi connectivity index (χ1v) is 11.3. The maximum Gasteiger partial charge on any atom is 0.228 e. The van der Waals surface area contributed by atoms with Crippen LogP contribution < -0.4 is 10.1 Å². The minimum atomic E-state index is 0.0929. The molecule has 5 heteroatoms. The molecule has 0 bridgehead atoms. The Morgan fingerprint density at radius 3 is 2.29 bits per heavy atom. The van der Waals surface area contributed by atoms with Gasteiger partial charge in [-0.15, -0.1) is 0 Å². The van der Waals surface area contributed by atoms with Gasteiger partial charge in [-0.2, -0.15) is 4.98 Å². The van der Waals surface area contributed by atoms with Gasteiger partial charge in [-0.05, 0) is 69.1 Å². The molecular weight excluding hydrogens is 388 g/mol. The molecule has 0 radical (unpaired) electrons. The first kappa shape index (κ1) is 24.6. The molecule has 1 aliphatic carbocycles. The van der Waals surface area contributed by atoms with Crippen molar-refractivity contribution in [3.05, 3.63) is 53.1 Å². The number of hydrogen-bond acceptors (Lipinski definition) is 4. The highest BCUT2D eigenvalue weighted by atomic mass is 16.5. The molecule has 5 nitrogen and oxygen atoms in total. The molecule has 1 amide bonds. The van der Waals surface area contributed by atoms with Gasteiger partial charge in [0, 0.05) is 17.5 Å². The summed E-state index contributed by atoms with van der Waals surface area (Å²) in [5, 5.41) is 2.89. The molecule has 2 aromatic rings. The van der Waals surface area contributed by atoms with E-state index in [2.05, 4.69) is 24.1 Å². The summed E-state index contributed by atoms with van der Waals surface area (Å²) >= 11 is 0. The fraction of sp³-hybridized carbons (Fsp3) is 0.500. The molecule has 0 atom stereocenters. The van der Waals surface area contributed by atoms with E-state index in [4.69, 9.17) is 4.74 Å². The summed E-state index contributed by atoms with van der Waals surface area (Å²) in [5.74, 6) is 2.29. The standard InChI is InChI=1S/C15H22N2O2.C11H14O/c1-3-11-7-9-12(10-8-11)15(18)17-13-5-4-6-14(16-13)19-2;1-4-10-8(2)6-5-7-11(10)9(3)12/h4-6,11-12H,3,7-10H2,1-2H3,(H,16,17,18);5-7H,4H2,1-3H3. The molecule has 1 fully saturated rings. The summed E-state index contributed by atoms with van der Waals surface area (Å²) in [6.45, 7) is 7.97. The van der Waals surface area contributed by atoms with Crippen LogP contribution in [-0.2, 0) is 11.2 Å². The number of anilines is 1. The van der Waals surface area contributed by atoms with Crippen LogP contribution in [0, 0.1) is 18.8 Å². The lowest BCUT2D eigenvalue weighted by Gasteiger charge is -2.26. The van der Waals surface area contributed by atoms with E-state index in [1.54, 1.807) is 26.2 Å². The van der Waals surface area contributed by atoms with Crippen molar-refractivity contribution >= 4 is 17.5 Å². The van der Waals surface area contributed by atoms with E-state index in [-0.39, 0.29) is 17.6 Å². The van der Waals surface area contributed by atoms with Crippen molar-refractivity contribution in [3.63, 3.8) is 0 Å². The van der Waals surface area contributed by atoms with Crippen LogP contribution in [0.15, 0.2) is 36.4 Å². The lowest BCUT2D eigenvalue weighted by molar-refractivity contribution is -0.121. The van der Waals surface area contributed by atoms with E-state index in [1.165, 1.54) is 30.4 Å². The van der Waals surface area contributed by atoms with Crippen molar-refractivity contribution < 1.29 is 14.3 Å². The Morgan fingerprint density at radius 1 is 1.06 bits per heavy atom. The molecule has 0 aliphatic heterocycles. The number of carbonyl (C=O) groups excluding carboxylic acids is 2. The Kier molecular flexibility index (Phi) is 9.70. The van der Waals surface area contributed by atoms with Gasteiger partial charge in [-0.25, -0.2) is 0 Å². The molecule has 1 N–H and O–H groups in total. The number of rotatable bonds is 6. The smallest absolute Gasteiger partial charge is 0.228 e. The van der Waals surface area contributed by atoms with E-state index in [1.807, 2.05) is 31.2 Å². The Bertz CT molecular complexity index is 871. The third-order valence-electron chi connectivity index (χ3n) is 6.12. The zero-order chi connectivity index (χ0) is 22.8. The first-order chi connectivity index (χ1) is 14.9. The molecule has 1 aromatic heterocycles. The molecule has 31 heavy (non-hydrogen) atoms. The monoisotopic (exact) mass is 424 g/mol. The average molecular weight is 425 g/mol. The number of ether oxygens (including phenoxy) is 1. The summed E-state index contributed by atoms with van der Waals surface area (Å²) in [7, 11) is 1.57. The third kappa shape index (κ3) is 7.20. The molecule has 168 valence electrons. The average Bonchev–Trinajstić information content (AvgIpc) is 2.79. The number of benzene rings is 1. The van der Waals surface area contributed by atoms with Crippen molar-refractivity contribution in [1.29, 1.82) is 0 Å². The Hall–Kier alpha value is -2.69. The van der Waals surface area contributed by atoms with Crippen LogP contribution in [0.4, 0.5) is 5.82 Å². The van der Waals surface area contributed by atoms with Gasteiger partial charge in [0.1, 0.15) is 5.82 Å². The topological polar surface area (TPSA) is 68.3 Å². The molecule has 1 saturated carbocycles. The summed E-state index contributed by atoms with van der Waals surface area (Å²) in [6, 6.07) is 11.3. The van der Waals surface area contributed by atoms with Crippen LogP contribution in [0.1, 0.15) is 74.4 Å². The predicted molar refractivity (Wildman–Crippen MR) is 126 cm³/mol. The quantitative estimate of drug-likeness (QED) is 0.577. The van der Waals surface area contributed by atoms with Crippen LogP contribution in [-0.4, -0.2) is 23.8 Å². The molecular formula is C26H36N2O3. The number of nitrogens with zero attached hydrogens (tertiary/aromatic N) is 1. The number of methoxy groups -OCH3 is 1. The minimum Gasteiger partial charge on any atom is -0.481 e. The maximum absolute atomic E-state index is 12.2. The van der Waals surface area contributed by atoms with Gasteiger partial charge < -0.3 is 10.1 Å². The molecule has 1 aromatic carbocycles. The third-order valence-corrected chi connectivity index (χ3v) is 6.12. The van der Waals surface area contributed by atoms with Gasteiger partial charge in [0.05, 0.1) is 7.11 Å². The van der Waals surface area contributed by atoms with E-state index in [0.29, 0.717) is 11.7 Å². The fourth-order valence-corrected chi connectivity index (χ4v) is 4.16. The number of amides is 1. The molecule has 1 heterocycles. The molecule has 0 saturated heterocycles. The molecule has 0 unspecified atom stereocenters. The van der Waals surface area contributed by atoms with E-state index >= 15 is 0 Å². The van der Waals surface area contributed by atoms with Gasteiger partial charge in [0.15, 0.2) is 5.78 Å². The largest absolute Gasteiger partial charge is 0.481 e. The molecule has 0 spiro atoms. The van der Waals surface area contributed by atoms with Gasteiger partial charge in [-0.1, -0.05) is 44.5 Å². The maximum atomic E-state index is 12.2. The lowest BCUT2D eigenvalue weighted by Crippen LogP contribution is -2.27. The van der Waals surface area contributed by atoms with Gasteiger partial charge in [0.2, 0.25) is 11.8 Å². The van der Waals surface area contributed by atoms with Gasteiger partial charge >= 0.3 is 0 Å². The predicted octanol–water partition coefficient (Wildman–Crippen LogP) is 6.01. The number of aromatic nitrogens is 1. The van der Waals surface area contributed by atoms with Gasteiger partial charge in [0.25, 0.3) is 0 Å². The number of pyridine rings is 1. The van der Waals surface area contributed by atoms with Crippen molar-refractivity contribution in [2.45, 2.75) is 66.2 Å². The number of ketones is 1. The Morgan fingerprint density at radius 2 is 1.74 bits per heavy atom. The summed E-state index contributed by atoms with van der Waals surface area (Å²) in [5.41, 5.74) is 3.27. The summed E-state index contributed by atoms with van der Waals surface area (Å²) < 4.78 is 5.05. The number of carbonyl (C=O) groups is 2. The van der Waals surface area contributed by atoms with Crippen molar-refractivity contribution in [2.24, 2.45) is 11.8 Å². The van der Waals surface area contributed by atoms with Crippen LogP contribution in [0.3, 0.4) is 0 Å². The van der Waals surface area contributed by atoms with Crippen LogP contribution in [0.25, 0.3) is 0 Å². The second-order valence-corrected chi connectivity index (χ2v) is 8.19. The summed E-state index contributed by atoms with van der Waals surface area (Å²) in [4.78, 5) is 27.6. The normalized spacial score (nSPS) is 17.8. The van der Waals surface area contributed by atoms with E-state index < -0.39 is 0 Å². The van der Waals surface area contributed by atoms with Gasteiger partial charge in [-0.3, -0.25) is 9.59 Å². The van der Waals surface area contributed by atoms with Crippen molar-refractivity contribution in [2.75, 3.05) is 12.4 Å². The number of Topliss-reactive ketones (excluding diaryl/α,β-unsaturated/α-hetero) is 1. The second-order valence-electron chi connectivity index (χ2n) is 8.19. The number of hydrogen-bond donors (Lipinski definition) is 1. The lowest BCUT2D eigenvalue weighted by atomic mass is 9.80. The Labute approximate surface area is 186 Å². The zero-order valence-electron chi connectivity index (χ0n) is 19.5. The Balaban J connectivity index is 0.000000245. The number of nitrogens with one attached hydrogen (secondary N) is 1. The highest BCUT2D eigenvalue weighted by Crippen LogP contribution is 2.31. The molecule has 1 aliphatic rings. The van der Waals surface area contributed by atoms with Crippen LogP contribution >= 0.6 is 0 Å². The number of aryl methyl sites for hydroxylation is 1. The van der Waals surface area contributed by atoms with Crippen LogP contribution in [0.5, 0.6) is 5.88 Å². The summed E-state index contributed by atoms with van der Waals surface area (Å²) in [6.07, 6.45) is 6.48. The van der Waals surface area contributed by atoms with Crippen molar-refractivity contribution in [3.8, 4) is 5.88 Å². The van der Waals surface area contributed by atoms with E-state index in [9.17, 15) is 9.59 Å². The van der Waals surface area contributed by atoms with Crippen LogP contribution in [0.2, 0.25) is 0 Å². The molecule has 3 rings (SSSR count). The highest BCUT2D eigenvalue weighted by molar-refractivity contribution is 5.95. The van der Waals surface area contributed by atoms with Crippen molar-refractivity contribution in [1.82, 2.24) is 4.98 Å². The first-order valence-electron chi connectivity index (χ1n) is 11.3.